The Balaban J connectivity index is 2.08. The normalized spacial score (nSPS) is 31.0. The lowest BCUT2D eigenvalue weighted by molar-refractivity contribution is -0.296. The smallest absolute Gasteiger partial charge is 0.187 e. The summed E-state index contributed by atoms with van der Waals surface area (Å²) in [4.78, 5) is 0. The molecule has 1 heterocycles. The zero-order valence-electron chi connectivity index (χ0n) is 12.2. The van der Waals surface area contributed by atoms with E-state index in [9.17, 15) is 20.4 Å². The molecule has 1 aromatic rings. The van der Waals surface area contributed by atoms with Crippen molar-refractivity contribution in [2.24, 2.45) is 0 Å². The molecule has 23 heavy (non-hydrogen) atoms. The second-order valence-electron chi connectivity index (χ2n) is 5.04. The van der Waals surface area contributed by atoms with E-state index >= 15 is 0 Å². The molecule has 1 fully saturated rings. The third-order valence-corrected chi connectivity index (χ3v) is 3.95. The summed E-state index contributed by atoms with van der Waals surface area (Å²) in [5.41, 5.74) is 0. The summed E-state index contributed by atoms with van der Waals surface area (Å²) >= 11 is 1.96. The molecule has 0 radical (unpaired) electrons. The number of rotatable bonds is 7. The highest BCUT2D eigenvalue weighted by atomic mass is 127. The van der Waals surface area contributed by atoms with Gasteiger partial charge in [-0.05, 0) is 24.3 Å². The van der Waals surface area contributed by atoms with Crippen molar-refractivity contribution in [3.8, 4) is 11.5 Å². The summed E-state index contributed by atoms with van der Waals surface area (Å²) in [5.74, 6) is 0.434. The van der Waals surface area contributed by atoms with E-state index in [-0.39, 0.29) is 12.4 Å². The zero-order chi connectivity index (χ0) is 16.8. The average molecular weight is 441 g/mol. The van der Waals surface area contributed by atoms with Crippen molar-refractivity contribution in [2.45, 2.75) is 30.7 Å². The number of nitrogens with one attached hydrogen (secondary N) is 1. The van der Waals surface area contributed by atoms with E-state index < -0.39 is 37.3 Å². The Bertz CT molecular complexity index is 475. The summed E-state index contributed by atoms with van der Waals surface area (Å²) in [6, 6.07) is 5.87. The van der Waals surface area contributed by atoms with Crippen molar-refractivity contribution in [1.82, 2.24) is 3.53 Å². The number of benzene rings is 1. The third kappa shape index (κ3) is 4.89. The Morgan fingerprint density at radius 2 is 1.87 bits per heavy atom. The first-order chi connectivity index (χ1) is 11.1. The maximum Gasteiger partial charge on any atom is 0.187 e. The summed E-state index contributed by atoms with van der Waals surface area (Å²) in [7, 11) is 0. The lowest BCUT2D eigenvalue weighted by Gasteiger charge is -2.41. The summed E-state index contributed by atoms with van der Waals surface area (Å²) in [6.07, 6.45) is -5.47. The number of ether oxygens (including phenoxy) is 3. The molecular formula is C14H20INO7. The molecule has 1 aliphatic rings. The predicted molar refractivity (Wildman–Crippen MR) is 88.3 cm³/mol. The topological polar surface area (TPSA) is 121 Å². The Morgan fingerprint density at radius 1 is 1.17 bits per heavy atom. The Hall–Kier alpha value is -0.690. The number of hydrogen-bond acceptors (Lipinski definition) is 8. The third-order valence-electron chi connectivity index (χ3n) is 3.41. The Kier molecular flexibility index (Phi) is 7.27. The van der Waals surface area contributed by atoms with Crippen molar-refractivity contribution in [2.75, 3.05) is 19.8 Å². The largest absolute Gasteiger partial charge is 0.508 e. The van der Waals surface area contributed by atoms with Crippen LogP contribution >= 0.6 is 22.9 Å². The predicted octanol–water partition coefficient (Wildman–Crippen LogP) is -0.465. The van der Waals surface area contributed by atoms with Crippen LogP contribution < -0.4 is 8.27 Å². The molecular weight excluding hydrogens is 421 g/mol. The van der Waals surface area contributed by atoms with Crippen molar-refractivity contribution >= 4 is 22.9 Å². The highest BCUT2D eigenvalue weighted by Gasteiger charge is 2.46. The van der Waals surface area contributed by atoms with E-state index in [1.54, 1.807) is 0 Å². The van der Waals surface area contributed by atoms with Crippen LogP contribution in [0.15, 0.2) is 24.3 Å². The van der Waals surface area contributed by atoms with Gasteiger partial charge < -0.3 is 34.6 Å². The molecule has 130 valence electrons. The van der Waals surface area contributed by atoms with Gasteiger partial charge in [0, 0.05) is 29.4 Å². The van der Waals surface area contributed by atoms with Gasteiger partial charge in [-0.2, -0.15) is 0 Å². The van der Waals surface area contributed by atoms with Crippen molar-refractivity contribution in [3.05, 3.63) is 24.3 Å². The van der Waals surface area contributed by atoms with Crippen LogP contribution in [0.5, 0.6) is 11.5 Å². The van der Waals surface area contributed by atoms with Gasteiger partial charge in [-0.3, -0.25) is 3.53 Å². The van der Waals surface area contributed by atoms with Crippen molar-refractivity contribution < 1.29 is 34.6 Å². The zero-order valence-corrected chi connectivity index (χ0v) is 14.4. The minimum atomic E-state index is -1.24. The van der Waals surface area contributed by atoms with E-state index in [0.29, 0.717) is 12.3 Å². The fraction of sp³-hybridized carbons (Fsp3) is 0.571. The molecule has 1 saturated heterocycles. The van der Waals surface area contributed by atoms with E-state index in [1.807, 2.05) is 22.9 Å². The van der Waals surface area contributed by atoms with Crippen molar-refractivity contribution in [3.63, 3.8) is 0 Å². The number of halogens is 1. The van der Waals surface area contributed by atoms with Crippen LogP contribution in [0.3, 0.4) is 0 Å². The second kappa shape index (κ2) is 8.97. The van der Waals surface area contributed by atoms with Gasteiger partial charge in [-0.1, -0.05) is 0 Å². The first kappa shape index (κ1) is 18.6. The van der Waals surface area contributed by atoms with Crippen LogP contribution in [0.1, 0.15) is 0 Å². The molecule has 2 rings (SSSR count). The molecule has 0 aliphatic carbocycles. The highest BCUT2D eigenvalue weighted by molar-refractivity contribution is 14.1. The van der Waals surface area contributed by atoms with Crippen LogP contribution in [0, 0.1) is 0 Å². The summed E-state index contributed by atoms with van der Waals surface area (Å²) in [6.45, 7) is 0.390. The van der Waals surface area contributed by atoms with E-state index in [1.165, 1.54) is 24.3 Å². The van der Waals surface area contributed by atoms with Gasteiger partial charge in [-0.25, -0.2) is 0 Å². The molecule has 0 aromatic heterocycles. The first-order valence-corrected chi connectivity index (χ1v) is 8.18. The average Bonchev–Trinajstić information content (AvgIpc) is 2.55. The molecule has 0 saturated carbocycles. The first-order valence-electron chi connectivity index (χ1n) is 7.10. The van der Waals surface area contributed by atoms with Crippen LogP contribution in [0.4, 0.5) is 0 Å². The standard InChI is InChI=1S/C14H20INO7/c15-16-5-6-21-14-12(20)13(11(19)10(7-17)23-14)22-9-3-1-8(18)2-4-9/h1-4,10-14,16-20H,5-7H2/t10?,11-,12?,13?,14-/m0/s1. The van der Waals surface area contributed by atoms with Crippen LogP contribution in [-0.4, -0.2) is 70.9 Å². The molecule has 0 bridgehead atoms. The Labute approximate surface area is 147 Å². The fourth-order valence-electron chi connectivity index (χ4n) is 2.23. The van der Waals surface area contributed by atoms with Gasteiger partial charge in [0.25, 0.3) is 0 Å². The number of aromatic hydroxyl groups is 1. The molecule has 0 spiro atoms. The lowest BCUT2D eigenvalue weighted by Crippen LogP contribution is -2.61. The molecule has 0 amide bonds. The fourth-order valence-corrected chi connectivity index (χ4v) is 2.45. The highest BCUT2D eigenvalue weighted by Crippen LogP contribution is 2.27. The maximum absolute atomic E-state index is 10.3. The number of phenolic OH excluding ortho intramolecular Hbond substituents is 1. The van der Waals surface area contributed by atoms with Gasteiger partial charge in [0.1, 0.15) is 29.8 Å². The number of phenols is 1. The minimum absolute atomic E-state index is 0.0752. The van der Waals surface area contributed by atoms with Crippen LogP contribution in [0.2, 0.25) is 0 Å². The summed E-state index contributed by atoms with van der Waals surface area (Å²) in [5, 5.41) is 39.2. The molecule has 1 aromatic carbocycles. The summed E-state index contributed by atoms with van der Waals surface area (Å²) < 4.78 is 19.3. The molecule has 5 N–H and O–H groups in total. The van der Waals surface area contributed by atoms with Crippen LogP contribution in [-0.2, 0) is 9.47 Å². The van der Waals surface area contributed by atoms with Gasteiger partial charge in [0.2, 0.25) is 0 Å². The Morgan fingerprint density at radius 3 is 2.48 bits per heavy atom. The van der Waals surface area contributed by atoms with Crippen LogP contribution in [0.25, 0.3) is 0 Å². The SMILES string of the molecule is OCC1O[C@H](OCCNI)C(O)C(Oc2ccc(O)cc2)[C@H]1O. The van der Waals surface area contributed by atoms with Crippen molar-refractivity contribution in [1.29, 1.82) is 0 Å². The van der Waals surface area contributed by atoms with E-state index in [0.717, 1.165) is 0 Å². The van der Waals surface area contributed by atoms with Gasteiger partial charge in [0.05, 0.1) is 13.2 Å². The molecule has 1 aliphatic heterocycles. The van der Waals surface area contributed by atoms with Gasteiger partial charge in [-0.15, -0.1) is 0 Å². The monoisotopic (exact) mass is 441 g/mol. The quantitative estimate of drug-likeness (QED) is 0.219. The number of hydrogen-bond donors (Lipinski definition) is 5. The van der Waals surface area contributed by atoms with Gasteiger partial charge >= 0.3 is 0 Å². The maximum atomic E-state index is 10.3. The van der Waals surface area contributed by atoms with E-state index in [4.69, 9.17) is 14.2 Å². The lowest BCUT2D eigenvalue weighted by atomic mass is 9.99. The molecule has 5 atom stereocenters. The van der Waals surface area contributed by atoms with Gasteiger partial charge in [0.15, 0.2) is 12.4 Å². The molecule has 3 unspecified atom stereocenters. The number of aliphatic hydroxyl groups excluding tert-OH is 3. The second-order valence-corrected chi connectivity index (χ2v) is 5.80. The van der Waals surface area contributed by atoms with E-state index in [2.05, 4.69) is 3.53 Å². The minimum Gasteiger partial charge on any atom is -0.508 e. The number of aliphatic hydroxyl groups is 3. The molecule has 8 nitrogen and oxygen atoms in total. The molecule has 9 heteroatoms.